The number of ether oxygens (including phenoxy) is 2. The zero-order chi connectivity index (χ0) is 16.7. The fraction of sp³-hybridized carbons (Fsp3) is 0.176. The van der Waals surface area contributed by atoms with Gasteiger partial charge in [0.15, 0.2) is 11.5 Å². The van der Waals surface area contributed by atoms with E-state index in [0.717, 1.165) is 10.9 Å². The van der Waals surface area contributed by atoms with Gasteiger partial charge in [0.05, 0.1) is 23.7 Å². The van der Waals surface area contributed by atoms with Crippen molar-refractivity contribution >= 4 is 28.5 Å². The number of aliphatic hydroxyl groups excluding tert-OH is 1. The van der Waals surface area contributed by atoms with Gasteiger partial charge in [0.2, 0.25) is 12.7 Å². The number of nitrogens with two attached hydrogens (primary N) is 1. The largest absolute Gasteiger partial charge is 0.454 e. The maximum absolute atomic E-state index is 9.99. The highest BCUT2D eigenvalue weighted by atomic mass is 35.5. The molecule has 0 amide bonds. The fourth-order valence-corrected chi connectivity index (χ4v) is 3.06. The number of hydrogen-bond acceptors (Lipinski definition) is 6. The molecule has 0 radical (unpaired) electrons. The monoisotopic (exact) mass is 343 g/mol. The van der Waals surface area contributed by atoms with Gasteiger partial charge in [-0.3, -0.25) is 0 Å². The summed E-state index contributed by atoms with van der Waals surface area (Å²) < 4.78 is 10.7. The van der Waals surface area contributed by atoms with Crippen LogP contribution >= 0.6 is 11.6 Å². The molecule has 1 atom stereocenters. The van der Waals surface area contributed by atoms with E-state index in [2.05, 4.69) is 9.97 Å². The van der Waals surface area contributed by atoms with E-state index in [1.165, 1.54) is 0 Å². The zero-order valence-corrected chi connectivity index (χ0v) is 13.3. The van der Waals surface area contributed by atoms with Crippen LogP contribution in [0.3, 0.4) is 0 Å². The SMILES string of the molecule is Nc1nc(C(CO)c2ccc3c(c2)OCO3)c2cc(Cl)ccc2n1. The lowest BCUT2D eigenvalue weighted by Gasteiger charge is -2.17. The molecular formula is C17H14ClN3O3. The van der Waals surface area contributed by atoms with Crippen LogP contribution in [0, 0.1) is 0 Å². The molecule has 2 heterocycles. The molecule has 7 heteroatoms. The maximum Gasteiger partial charge on any atom is 0.231 e. The van der Waals surface area contributed by atoms with Crippen molar-refractivity contribution in [3.8, 4) is 11.5 Å². The van der Waals surface area contributed by atoms with Gasteiger partial charge in [-0.05, 0) is 35.9 Å². The Bertz CT molecular complexity index is 932. The van der Waals surface area contributed by atoms with E-state index in [4.69, 9.17) is 26.8 Å². The average molecular weight is 344 g/mol. The molecule has 0 saturated heterocycles. The van der Waals surface area contributed by atoms with Crippen LogP contribution < -0.4 is 15.2 Å². The number of anilines is 1. The highest BCUT2D eigenvalue weighted by molar-refractivity contribution is 6.31. The van der Waals surface area contributed by atoms with Crippen LogP contribution in [0.2, 0.25) is 5.02 Å². The van der Waals surface area contributed by atoms with Crippen molar-refractivity contribution in [2.45, 2.75) is 5.92 Å². The first-order valence-electron chi connectivity index (χ1n) is 7.39. The lowest BCUT2D eigenvalue weighted by Crippen LogP contribution is -2.11. The van der Waals surface area contributed by atoms with Crippen molar-refractivity contribution in [1.82, 2.24) is 9.97 Å². The van der Waals surface area contributed by atoms with Crippen LogP contribution in [-0.2, 0) is 0 Å². The topological polar surface area (TPSA) is 90.5 Å². The Labute approximate surface area is 142 Å². The third kappa shape index (κ3) is 2.50. The van der Waals surface area contributed by atoms with Gasteiger partial charge in [-0.1, -0.05) is 17.7 Å². The quantitative estimate of drug-likeness (QED) is 0.760. The highest BCUT2D eigenvalue weighted by Gasteiger charge is 2.22. The van der Waals surface area contributed by atoms with Crippen LogP contribution in [0.5, 0.6) is 11.5 Å². The first kappa shape index (κ1) is 15.0. The molecule has 1 aromatic heterocycles. The molecule has 0 saturated carbocycles. The normalized spacial score (nSPS) is 14.1. The Kier molecular flexibility index (Phi) is 3.63. The summed E-state index contributed by atoms with van der Waals surface area (Å²) in [5.41, 5.74) is 8.00. The number of hydrogen-bond donors (Lipinski definition) is 2. The van der Waals surface area contributed by atoms with Crippen molar-refractivity contribution in [2.75, 3.05) is 19.1 Å². The van der Waals surface area contributed by atoms with Crippen LogP contribution in [0.1, 0.15) is 17.2 Å². The van der Waals surface area contributed by atoms with Gasteiger partial charge in [0, 0.05) is 10.4 Å². The molecule has 1 aliphatic heterocycles. The number of aliphatic hydroxyl groups is 1. The lowest BCUT2D eigenvalue weighted by molar-refractivity contribution is 0.174. The molecule has 6 nitrogen and oxygen atoms in total. The Balaban J connectivity index is 1.89. The molecule has 3 aromatic rings. The van der Waals surface area contributed by atoms with Gasteiger partial charge >= 0.3 is 0 Å². The van der Waals surface area contributed by atoms with Gasteiger partial charge in [-0.2, -0.15) is 0 Å². The van der Waals surface area contributed by atoms with Crippen molar-refractivity contribution in [3.63, 3.8) is 0 Å². The number of rotatable bonds is 3. The standard InChI is InChI=1S/C17H14ClN3O3/c18-10-2-3-13-11(6-10)16(21-17(19)20-13)12(7-22)9-1-4-14-15(5-9)24-8-23-14/h1-6,12,22H,7-8H2,(H2,19,20,21). The number of fused-ring (bicyclic) bond motifs is 2. The predicted molar refractivity (Wildman–Crippen MR) is 90.5 cm³/mol. The third-order valence-electron chi connectivity index (χ3n) is 4.02. The van der Waals surface area contributed by atoms with E-state index in [9.17, 15) is 5.11 Å². The minimum atomic E-state index is -0.384. The maximum atomic E-state index is 9.99. The van der Waals surface area contributed by atoms with Crippen LogP contribution in [0.25, 0.3) is 10.9 Å². The van der Waals surface area contributed by atoms with Gasteiger partial charge in [0.25, 0.3) is 0 Å². The Hall–Kier alpha value is -2.57. The molecule has 122 valence electrons. The molecule has 4 rings (SSSR count). The summed E-state index contributed by atoms with van der Waals surface area (Å²) in [6, 6.07) is 10.9. The summed E-state index contributed by atoms with van der Waals surface area (Å²) in [5.74, 6) is 1.10. The molecule has 0 aliphatic carbocycles. The van der Waals surface area contributed by atoms with Crippen LogP contribution in [0.15, 0.2) is 36.4 Å². The summed E-state index contributed by atoms with van der Waals surface area (Å²) in [5, 5.41) is 11.3. The Morgan fingerprint density at radius 2 is 1.96 bits per heavy atom. The van der Waals surface area contributed by atoms with E-state index >= 15 is 0 Å². The second kappa shape index (κ2) is 5.81. The second-order valence-electron chi connectivity index (χ2n) is 5.48. The molecule has 3 N–H and O–H groups in total. The number of aromatic nitrogens is 2. The summed E-state index contributed by atoms with van der Waals surface area (Å²) in [6.45, 7) is 0.0548. The highest BCUT2D eigenvalue weighted by Crippen LogP contribution is 2.37. The fourth-order valence-electron chi connectivity index (χ4n) is 2.89. The number of halogens is 1. The Morgan fingerprint density at radius 1 is 1.12 bits per heavy atom. The molecule has 0 fully saturated rings. The third-order valence-corrected chi connectivity index (χ3v) is 4.25. The smallest absolute Gasteiger partial charge is 0.231 e. The molecule has 24 heavy (non-hydrogen) atoms. The molecule has 1 unspecified atom stereocenters. The van der Waals surface area contributed by atoms with E-state index in [0.29, 0.717) is 27.7 Å². The lowest BCUT2D eigenvalue weighted by atomic mass is 9.93. The Morgan fingerprint density at radius 3 is 2.79 bits per heavy atom. The van der Waals surface area contributed by atoms with Crippen molar-refractivity contribution < 1.29 is 14.6 Å². The van der Waals surface area contributed by atoms with Gasteiger partial charge in [-0.15, -0.1) is 0 Å². The van der Waals surface area contributed by atoms with Crippen molar-refractivity contribution in [2.24, 2.45) is 0 Å². The summed E-state index contributed by atoms with van der Waals surface area (Å²) in [6.07, 6.45) is 0. The zero-order valence-electron chi connectivity index (χ0n) is 12.6. The van der Waals surface area contributed by atoms with E-state index in [1.54, 1.807) is 18.2 Å². The van der Waals surface area contributed by atoms with Gasteiger partial charge < -0.3 is 20.3 Å². The van der Waals surface area contributed by atoms with Crippen LogP contribution in [-0.4, -0.2) is 28.5 Å². The van der Waals surface area contributed by atoms with E-state index in [-0.39, 0.29) is 25.3 Å². The van der Waals surface area contributed by atoms with Crippen molar-refractivity contribution in [1.29, 1.82) is 0 Å². The van der Waals surface area contributed by atoms with Crippen LogP contribution in [0.4, 0.5) is 5.95 Å². The average Bonchev–Trinajstić information content (AvgIpc) is 3.04. The molecule has 0 spiro atoms. The molecular weight excluding hydrogens is 330 g/mol. The summed E-state index contributed by atoms with van der Waals surface area (Å²) >= 11 is 6.12. The molecule has 2 aromatic carbocycles. The molecule has 0 bridgehead atoms. The van der Waals surface area contributed by atoms with Gasteiger partial charge in [-0.25, -0.2) is 9.97 Å². The van der Waals surface area contributed by atoms with Crippen molar-refractivity contribution in [3.05, 3.63) is 52.7 Å². The van der Waals surface area contributed by atoms with E-state index in [1.807, 2.05) is 18.2 Å². The predicted octanol–water partition coefficient (Wildman–Crippen LogP) is 2.72. The minimum absolute atomic E-state index is 0.141. The first-order valence-corrected chi connectivity index (χ1v) is 7.76. The summed E-state index contributed by atoms with van der Waals surface area (Å²) in [7, 11) is 0. The number of nitrogen functional groups attached to an aromatic ring is 1. The minimum Gasteiger partial charge on any atom is -0.454 e. The molecule has 1 aliphatic rings. The van der Waals surface area contributed by atoms with E-state index < -0.39 is 0 Å². The first-order chi connectivity index (χ1) is 11.7. The second-order valence-corrected chi connectivity index (χ2v) is 5.91. The van der Waals surface area contributed by atoms with Gasteiger partial charge in [0.1, 0.15) is 0 Å². The number of benzene rings is 2. The number of nitrogens with zero attached hydrogens (tertiary/aromatic N) is 2. The summed E-state index contributed by atoms with van der Waals surface area (Å²) in [4.78, 5) is 8.59.